The number of anilines is 1. The number of carbonyl (C=O) groups is 1. The van der Waals surface area contributed by atoms with Crippen molar-refractivity contribution < 1.29 is 23.0 Å². The summed E-state index contributed by atoms with van der Waals surface area (Å²) in [6.07, 6.45) is 5.71. The minimum Gasteiger partial charge on any atom is -0.456 e. The normalized spacial score (nSPS) is 22.0. The van der Waals surface area contributed by atoms with Crippen molar-refractivity contribution >= 4 is 28.0 Å². The first-order chi connectivity index (χ1) is 14.0. The first-order valence-electron chi connectivity index (χ1n) is 9.46. The summed E-state index contributed by atoms with van der Waals surface area (Å²) >= 11 is 1.40. The van der Waals surface area contributed by atoms with Crippen LogP contribution >= 0.6 is 11.3 Å². The van der Waals surface area contributed by atoms with E-state index in [0.717, 1.165) is 16.9 Å². The topological polar surface area (TPSA) is 59.9 Å². The number of nitrogens with zero attached hydrogens (tertiary/aromatic N) is 1. The molecule has 1 spiro atoms. The summed E-state index contributed by atoms with van der Waals surface area (Å²) in [5.74, 6) is -2.47. The number of carbonyl (C=O) groups excluding carboxylic acids is 1. The zero-order valence-corrected chi connectivity index (χ0v) is 16.4. The highest BCUT2D eigenvalue weighted by molar-refractivity contribution is 7.17. The lowest BCUT2D eigenvalue weighted by atomic mass is 9.96. The van der Waals surface area contributed by atoms with Crippen LogP contribution < -0.4 is 5.32 Å². The molecule has 29 heavy (non-hydrogen) atoms. The van der Waals surface area contributed by atoms with Crippen molar-refractivity contribution in [3.63, 3.8) is 0 Å². The van der Waals surface area contributed by atoms with Gasteiger partial charge in [-0.2, -0.15) is 0 Å². The molecule has 3 aliphatic rings. The third kappa shape index (κ3) is 2.93. The Balaban J connectivity index is 1.71. The van der Waals surface area contributed by atoms with Crippen LogP contribution in [0.15, 0.2) is 35.7 Å². The number of ether oxygens (including phenoxy) is 2. The van der Waals surface area contributed by atoms with Gasteiger partial charge < -0.3 is 14.8 Å². The maximum Gasteiger partial charge on any atom is 0.254 e. The Morgan fingerprint density at radius 1 is 1.21 bits per heavy atom. The first-order valence-corrected chi connectivity index (χ1v) is 10.3. The number of amides is 1. The van der Waals surface area contributed by atoms with Gasteiger partial charge in [0.2, 0.25) is 5.91 Å². The van der Waals surface area contributed by atoms with E-state index in [1.54, 1.807) is 6.92 Å². The highest BCUT2D eigenvalue weighted by Crippen LogP contribution is 2.44. The van der Waals surface area contributed by atoms with Crippen molar-refractivity contribution in [3.8, 4) is 0 Å². The van der Waals surface area contributed by atoms with E-state index in [9.17, 15) is 13.6 Å². The Morgan fingerprint density at radius 3 is 2.66 bits per heavy atom. The second-order valence-corrected chi connectivity index (χ2v) is 8.50. The molecule has 5 rings (SSSR count). The van der Waals surface area contributed by atoms with Gasteiger partial charge in [-0.1, -0.05) is 6.07 Å². The number of rotatable bonds is 1. The van der Waals surface area contributed by atoms with Crippen molar-refractivity contribution in [2.45, 2.75) is 44.4 Å². The van der Waals surface area contributed by atoms with Gasteiger partial charge in [0.15, 0.2) is 0 Å². The van der Waals surface area contributed by atoms with Gasteiger partial charge in [-0.15, -0.1) is 11.3 Å². The van der Waals surface area contributed by atoms with E-state index < -0.39 is 23.5 Å². The molecule has 0 unspecified atom stereocenters. The molecule has 1 aliphatic carbocycles. The van der Waals surface area contributed by atoms with Crippen molar-refractivity contribution in [2.24, 2.45) is 4.99 Å². The number of aliphatic imine (C=N–C) groups is 1. The van der Waals surface area contributed by atoms with Gasteiger partial charge in [-0.25, -0.2) is 8.78 Å². The lowest BCUT2D eigenvalue weighted by Gasteiger charge is -2.25. The van der Waals surface area contributed by atoms with Gasteiger partial charge in [0, 0.05) is 16.9 Å². The van der Waals surface area contributed by atoms with Crippen LogP contribution in [0.2, 0.25) is 0 Å². The van der Waals surface area contributed by atoms with Gasteiger partial charge in [0.25, 0.3) is 5.79 Å². The summed E-state index contributed by atoms with van der Waals surface area (Å²) in [5, 5.41) is 3.45. The van der Waals surface area contributed by atoms with Crippen LogP contribution in [0.25, 0.3) is 0 Å². The fourth-order valence-corrected chi connectivity index (χ4v) is 5.44. The molecule has 5 nitrogen and oxygen atoms in total. The number of benzene rings is 1. The molecule has 1 aromatic carbocycles. The maximum absolute atomic E-state index is 14.7. The number of hydrogen-bond acceptors (Lipinski definition) is 5. The summed E-state index contributed by atoms with van der Waals surface area (Å²) < 4.78 is 40.8. The standard InChI is InChI=1S/C21H18F2N2O3S/c1-11-19(26)25-20-16(18(24-11)17-13(22)5-2-6-14(17)23)12-4-3-7-21(10-15(12)29-20)27-8-9-28-21/h2,5-6,8-9,11H,3-4,7,10H2,1H3,(H,25,26)/t11-/m0/s1. The number of halogens is 2. The van der Waals surface area contributed by atoms with Crippen molar-refractivity contribution in [1.82, 2.24) is 0 Å². The molecule has 1 atom stereocenters. The summed E-state index contributed by atoms with van der Waals surface area (Å²) in [6, 6.07) is 2.97. The molecule has 0 saturated heterocycles. The van der Waals surface area contributed by atoms with Crippen LogP contribution in [0.3, 0.4) is 0 Å². The number of thiophene rings is 1. The Morgan fingerprint density at radius 2 is 1.93 bits per heavy atom. The zero-order valence-electron chi connectivity index (χ0n) is 15.6. The van der Waals surface area contributed by atoms with E-state index in [4.69, 9.17) is 9.47 Å². The van der Waals surface area contributed by atoms with Gasteiger partial charge in [0.1, 0.15) is 35.2 Å². The third-order valence-corrected chi connectivity index (χ3v) is 6.65. The lowest BCUT2D eigenvalue weighted by molar-refractivity contribution is -0.144. The Bertz CT molecular complexity index is 1050. The molecule has 0 saturated carbocycles. The summed E-state index contributed by atoms with van der Waals surface area (Å²) in [6.45, 7) is 1.62. The highest BCUT2D eigenvalue weighted by atomic mass is 32.1. The molecule has 0 fully saturated rings. The van der Waals surface area contributed by atoms with Gasteiger partial charge in [0.05, 0.1) is 17.7 Å². The Labute approximate surface area is 170 Å². The largest absolute Gasteiger partial charge is 0.456 e. The van der Waals surface area contributed by atoms with Crippen molar-refractivity contribution in [3.05, 3.63) is 63.9 Å². The second-order valence-electron chi connectivity index (χ2n) is 7.40. The molecular weight excluding hydrogens is 398 g/mol. The summed E-state index contributed by atoms with van der Waals surface area (Å²) in [4.78, 5) is 17.9. The van der Waals surface area contributed by atoms with Gasteiger partial charge >= 0.3 is 0 Å². The van der Waals surface area contributed by atoms with E-state index in [1.165, 1.54) is 42.1 Å². The van der Waals surface area contributed by atoms with Crippen LogP contribution in [0.1, 0.15) is 41.3 Å². The molecule has 8 heteroatoms. The predicted octanol–water partition coefficient (Wildman–Crippen LogP) is 4.30. The third-order valence-electron chi connectivity index (χ3n) is 5.50. The molecule has 0 bridgehead atoms. The smallest absolute Gasteiger partial charge is 0.254 e. The molecule has 0 radical (unpaired) electrons. The summed E-state index contributed by atoms with van der Waals surface area (Å²) in [7, 11) is 0. The molecular formula is C21H18F2N2O3S. The number of nitrogens with one attached hydrogen (secondary N) is 1. The van der Waals surface area contributed by atoms with Crippen molar-refractivity contribution in [2.75, 3.05) is 5.32 Å². The maximum atomic E-state index is 14.7. The molecule has 3 heterocycles. The van der Waals surface area contributed by atoms with Crippen LogP contribution in [0, 0.1) is 11.6 Å². The molecule has 2 aromatic rings. The average Bonchev–Trinajstić information content (AvgIpc) is 3.17. The van der Waals surface area contributed by atoms with E-state index in [0.29, 0.717) is 29.8 Å². The zero-order chi connectivity index (χ0) is 20.2. The minimum atomic E-state index is -0.762. The SMILES string of the molecule is C[C@@H]1N=C(c2c(F)cccc2F)c2c(sc3c2CCCC2(C3)OC=CO2)NC1=O. The fraction of sp³-hybridized carbons (Fsp3) is 0.333. The van der Waals surface area contributed by atoms with E-state index in [-0.39, 0.29) is 17.2 Å². The van der Waals surface area contributed by atoms with Crippen molar-refractivity contribution in [1.29, 1.82) is 0 Å². The van der Waals surface area contributed by atoms with Gasteiger partial charge in [-0.3, -0.25) is 9.79 Å². The highest BCUT2D eigenvalue weighted by Gasteiger charge is 2.41. The fourth-order valence-electron chi connectivity index (χ4n) is 4.10. The second kappa shape index (κ2) is 6.66. The van der Waals surface area contributed by atoms with Crippen LogP contribution in [0.5, 0.6) is 0 Å². The van der Waals surface area contributed by atoms with Crippen LogP contribution in [-0.2, 0) is 27.1 Å². The monoisotopic (exact) mass is 416 g/mol. The molecule has 1 N–H and O–H groups in total. The Kier molecular flexibility index (Phi) is 4.20. The Hall–Kier alpha value is -2.74. The van der Waals surface area contributed by atoms with E-state index in [2.05, 4.69) is 10.3 Å². The predicted molar refractivity (Wildman–Crippen MR) is 105 cm³/mol. The van der Waals surface area contributed by atoms with Crippen LogP contribution in [-0.4, -0.2) is 23.4 Å². The minimum absolute atomic E-state index is 0.182. The summed E-state index contributed by atoms with van der Waals surface area (Å²) in [5.41, 5.74) is 1.53. The van der Waals surface area contributed by atoms with Crippen LogP contribution in [0.4, 0.5) is 13.8 Å². The quantitative estimate of drug-likeness (QED) is 0.754. The molecule has 150 valence electrons. The average molecular weight is 416 g/mol. The van der Waals surface area contributed by atoms with E-state index >= 15 is 0 Å². The molecule has 1 aromatic heterocycles. The van der Waals surface area contributed by atoms with E-state index in [1.807, 2.05) is 0 Å². The first kappa shape index (κ1) is 18.3. The molecule has 2 aliphatic heterocycles. The lowest BCUT2D eigenvalue weighted by Crippen LogP contribution is -2.31. The molecule has 1 amide bonds. The van der Waals surface area contributed by atoms with Gasteiger partial charge in [-0.05, 0) is 37.5 Å². The number of fused-ring (bicyclic) bond motifs is 3. The number of hydrogen-bond donors (Lipinski definition) is 1.